The Balaban J connectivity index is 1.36. The number of carbonyl (C=O) groups is 4. The van der Waals surface area contributed by atoms with Crippen molar-refractivity contribution in [3.63, 3.8) is 0 Å². The zero-order valence-corrected chi connectivity index (χ0v) is 25.7. The van der Waals surface area contributed by atoms with E-state index in [1.165, 1.54) is 28.7 Å². The van der Waals surface area contributed by atoms with Crippen molar-refractivity contribution in [1.29, 1.82) is 0 Å². The predicted octanol–water partition coefficient (Wildman–Crippen LogP) is 7.21. The molecule has 0 aliphatic heterocycles. The molecule has 42 heavy (non-hydrogen) atoms. The molecule has 5 rings (SSSR count). The summed E-state index contributed by atoms with van der Waals surface area (Å²) in [6, 6.07) is 6.43. The Morgan fingerprint density at radius 3 is 1.55 bits per heavy atom. The van der Waals surface area contributed by atoms with E-state index in [1.54, 1.807) is 18.2 Å². The Morgan fingerprint density at radius 2 is 1.12 bits per heavy atom. The molecule has 0 spiro atoms. The SMILES string of the molecule is CCCOC(=O)c1c(NC(=O)c2cccc(C(=O)Nc3sc4c(c3C(=O)OCCC)CCCC4)c2)sc2c1CCCC2. The van der Waals surface area contributed by atoms with Crippen molar-refractivity contribution in [3.8, 4) is 0 Å². The van der Waals surface area contributed by atoms with Gasteiger partial charge in [-0.2, -0.15) is 0 Å². The van der Waals surface area contributed by atoms with Crippen molar-refractivity contribution in [3.05, 3.63) is 67.4 Å². The van der Waals surface area contributed by atoms with Crippen LogP contribution >= 0.6 is 22.7 Å². The molecule has 2 amide bonds. The minimum atomic E-state index is -0.414. The van der Waals surface area contributed by atoms with Gasteiger partial charge in [-0.3, -0.25) is 9.59 Å². The van der Waals surface area contributed by atoms with Gasteiger partial charge in [-0.15, -0.1) is 22.7 Å². The van der Waals surface area contributed by atoms with Gasteiger partial charge in [-0.05, 0) is 93.5 Å². The summed E-state index contributed by atoms with van der Waals surface area (Å²) in [5.74, 6) is -1.65. The lowest BCUT2D eigenvalue weighted by atomic mass is 9.95. The van der Waals surface area contributed by atoms with E-state index >= 15 is 0 Å². The molecule has 0 radical (unpaired) electrons. The average molecular weight is 609 g/mol. The summed E-state index contributed by atoms with van der Waals surface area (Å²) in [6.07, 6.45) is 8.83. The standard InChI is InChI=1S/C32H36N2O6S2/c1-3-16-39-31(37)25-21-12-5-7-14-23(21)41-29(25)33-27(35)19-10-9-11-20(18-19)28(36)34-30-26(32(38)40-17-4-2)22-13-6-8-15-24(22)42-30/h9-11,18H,3-8,12-17H2,1-2H3,(H,33,35)(H,34,36). The molecule has 0 saturated carbocycles. The highest BCUT2D eigenvalue weighted by Gasteiger charge is 2.29. The van der Waals surface area contributed by atoms with Crippen LogP contribution in [0.3, 0.4) is 0 Å². The molecule has 0 fully saturated rings. The number of aryl methyl sites for hydroxylation is 2. The number of hydrogen-bond donors (Lipinski definition) is 2. The van der Waals surface area contributed by atoms with Crippen LogP contribution in [0.15, 0.2) is 24.3 Å². The normalized spacial score (nSPS) is 14.0. The van der Waals surface area contributed by atoms with Crippen LogP contribution in [0.5, 0.6) is 0 Å². The van der Waals surface area contributed by atoms with Crippen LogP contribution in [0.1, 0.15) is 115 Å². The highest BCUT2D eigenvalue weighted by atomic mass is 32.1. The quantitative estimate of drug-likeness (QED) is 0.236. The van der Waals surface area contributed by atoms with E-state index in [0.29, 0.717) is 47.2 Å². The molecule has 2 aliphatic carbocycles. The van der Waals surface area contributed by atoms with E-state index in [0.717, 1.165) is 72.2 Å². The van der Waals surface area contributed by atoms with Gasteiger partial charge in [-0.25, -0.2) is 9.59 Å². The van der Waals surface area contributed by atoms with Gasteiger partial charge >= 0.3 is 11.9 Å². The van der Waals surface area contributed by atoms with Crippen LogP contribution in [0.4, 0.5) is 10.0 Å². The second kappa shape index (κ2) is 13.6. The predicted molar refractivity (Wildman–Crippen MR) is 165 cm³/mol. The van der Waals surface area contributed by atoms with Gasteiger partial charge in [0.2, 0.25) is 0 Å². The fraction of sp³-hybridized carbons (Fsp3) is 0.438. The summed E-state index contributed by atoms with van der Waals surface area (Å²) in [6.45, 7) is 4.51. The largest absolute Gasteiger partial charge is 0.462 e. The molecule has 222 valence electrons. The topological polar surface area (TPSA) is 111 Å². The van der Waals surface area contributed by atoms with Gasteiger partial charge in [0, 0.05) is 20.9 Å². The number of carbonyl (C=O) groups excluding carboxylic acids is 4. The monoisotopic (exact) mass is 608 g/mol. The van der Waals surface area contributed by atoms with Gasteiger partial charge in [0.05, 0.1) is 24.3 Å². The smallest absolute Gasteiger partial charge is 0.341 e. The third-order valence-corrected chi connectivity index (χ3v) is 9.88. The summed E-state index contributed by atoms with van der Waals surface area (Å²) in [5, 5.41) is 6.82. The summed E-state index contributed by atoms with van der Waals surface area (Å²) in [5.41, 5.74) is 3.43. The van der Waals surface area contributed by atoms with E-state index in [-0.39, 0.29) is 11.1 Å². The van der Waals surface area contributed by atoms with Crippen molar-refractivity contribution in [2.75, 3.05) is 23.8 Å². The molecule has 8 nitrogen and oxygen atoms in total. The number of ether oxygens (including phenoxy) is 2. The lowest BCUT2D eigenvalue weighted by Crippen LogP contribution is -2.18. The van der Waals surface area contributed by atoms with Crippen LogP contribution in [0.25, 0.3) is 0 Å². The maximum Gasteiger partial charge on any atom is 0.341 e. The molecule has 0 bridgehead atoms. The molecule has 2 heterocycles. The zero-order chi connectivity index (χ0) is 29.6. The maximum atomic E-state index is 13.4. The summed E-state index contributed by atoms with van der Waals surface area (Å²) in [7, 11) is 0. The van der Waals surface area contributed by atoms with E-state index in [4.69, 9.17) is 9.47 Å². The van der Waals surface area contributed by atoms with Gasteiger partial charge in [-0.1, -0.05) is 19.9 Å². The minimum absolute atomic E-state index is 0.287. The Labute approximate surface area is 253 Å². The molecule has 0 atom stereocenters. The van der Waals surface area contributed by atoms with Gasteiger partial charge in [0.25, 0.3) is 11.8 Å². The van der Waals surface area contributed by atoms with Crippen molar-refractivity contribution >= 4 is 56.4 Å². The number of fused-ring (bicyclic) bond motifs is 2. The van der Waals surface area contributed by atoms with Crippen LogP contribution in [0.2, 0.25) is 0 Å². The summed E-state index contributed by atoms with van der Waals surface area (Å²) >= 11 is 2.85. The van der Waals surface area contributed by atoms with Crippen molar-refractivity contribution in [2.45, 2.75) is 78.1 Å². The lowest BCUT2D eigenvalue weighted by Gasteiger charge is -2.13. The first-order valence-corrected chi connectivity index (χ1v) is 16.4. The Morgan fingerprint density at radius 1 is 0.690 bits per heavy atom. The summed E-state index contributed by atoms with van der Waals surface area (Å²) in [4.78, 5) is 54.9. The number of amides is 2. The third-order valence-electron chi connectivity index (χ3n) is 7.47. The van der Waals surface area contributed by atoms with E-state index in [2.05, 4.69) is 10.6 Å². The molecule has 0 unspecified atom stereocenters. The molecule has 10 heteroatoms. The van der Waals surface area contributed by atoms with Crippen LogP contribution in [0, 0.1) is 0 Å². The second-order valence-electron chi connectivity index (χ2n) is 10.6. The van der Waals surface area contributed by atoms with E-state index in [9.17, 15) is 19.2 Å². The Kier molecular flexibility index (Phi) is 9.74. The van der Waals surface area contributed by atoms with Crippen molar-refractivity contribution < 1.29 is 28.7 Å². The second-order valence-corrected chi connectivity index (χ2v) is 12.8. The third kappa shape index (κ3) is 6.44. The lowest BCUT2D eigenvalue weighted by molar-refractivity contribution is 0.0496. The molecular formula is C32H36N2O6S2. The van der Waals surface area contributed by atoms with Gasteiger partial charge in [0.1, 0.15) is 10.0 Å². The highest BCUT2D eigenvalue weighted by molar-refractivity contribution is 7.17. The number of hydrogen-bond acceptors (Lipinski definition) is 8. The number of benzene rings is 1. The highest BCUT2D eigenvalue weighted by Crippen LogP contribution is 2.40. The molecule has 3 aromatic rings. The van der Waals surface area contributed by atoms with Crippen LogP contribution in [-0.2, 0) is 35.2 Å². The number of esters is 2. The minimum Gasteiger partial charge on any atom is -0.462 e. The zero-order valence-electron chi connectivity index (χ0n) is 24.1. The van der Waals surface area contributed by atoms with Gasteiger partial charge < -0.3 is 20.1 Å². The molecule has 0 saturated heterocycles. The fourth-order valence-electron chi connectivity index (χ4n) is 5.43. The van der Waals surface area contributed by atoms with Crippen LogP contribution < -0.4 is 10.6 Å². The number of nitrogens with one attached hydrogen (secondary N) is 2. The molecular weight excluding hydrogens is 572 g/mol. The first-order valence-electron chi connectivity index (χ1n) is 14.8. The molecule has 1 aromatic carbocycles. The van der Waals surface area contributed by atoms with Gasteiger partial charge in [0.15, 0.2) is 0 Å². The number of rotatable bonds is 10. The summed E-state index contributed by atoms with van der Waals surface area (Å²) < 4.78 is 10.9. The Bertz CT molecular complexity index is 1400. The number of anilines is 2. The molecule has 2 aromatic heterocycles. The fourth-order valence-corrected chi connectivity index (χ4v) is 7.97. The van der Waals surface area contributed by atoms with Crippen LogP contribution in [-0.4, -0.2) is 37.0 Å². The van der Waals surface area contributed by atoms with E-state index < -0.39 is 23.8 Å². The average Bonchev–Trinajstić information content (AvgIpc) is 3.56. The number of thiophene rings is 2. The van der Waals surface area contributed by atoms with Crippen molar-refractivity contribution in [2.24, 2.45) is 0 Å². The maximum absolute atomic E-state index is 13.4. The van der Waals surface area contributed by atoms with E-state index in [1.807, 2.05) is 13.8 Å². The first kappa shape index (κ1) is 30.0. The van der Waals surface area contributed by atoms with Crippen molar-refractivity contribution in [1.82, 2.24) is 0 Å². The first-order chi connectivity index (χ1) is 20.4. The molecule has 2 aliphatic rings. The Hall–Kier alpha value is -3.50. The molecule has 2 N–H and O–H groups in total.